The van der Waals surface area contributed by atoms with Crippen molar-refractivity contribution in [2.24, 2.45) is 0 Å². The van der Waals surface area contributed by atoms with Crippen LogP contribution in [0.4, 0.5) is 5.69 Å². The van der Waals surface area contributed by atoms with Gasteiger partial charge in [-0.3, -0.25) is 0 Å². The van der Waals surface area contributed by atoms with Gasteiger partial charge in [-0.05, 0) is 38.0 Å². The Morgan fingerprint density at radius 1 is 1.37 bits per heavy atom. The van der Waals surface area contributed by atoms with Gasteiger partial charge in [0.1, 0.15) is 0 Å². The van der Waals surface area contributed by atoms with Crippen molar-refractivity contribution in [3.05, 3.63) is 29.3 Å². The summed E-state index contributed by atoms with van der Waals surface area (Å²) in [5.74, 6) is -0.0352. The van der Waals surface area contributed by atoms with E-state index in [9.17, 15) is 8.42 Å². The molecule has 0 aliphatic rings. The van der Waals surface area contributed by atoms with Crippen molar-refractivity contribution in [1.82, 2.24) is 4.72 Å². The van der Waals surface area contributed by atoms with Crippen LogP contribution in [0.3, 0.4) is 0 Å². The lowest BCUT2D eigenvalue weighted by molar-refractivity contribution is 0.0911. The van der Waals surface area contributed by atoms with Crippen LogP contribution in [-0.2, 0) is 21.3 Å². The number of nitrogens with two attached hydrogens (primary N) is 1. The predicted octanol–water partition coefficient (Wildman–Crippen LogP) is 1.42. The SMILES string of the molecule is Cc1c(N)cccc1CNS(=O)(=O)CCOC(C)C. The zero-order valence-electron chi connectivity index (χ0n) is 11.6. The molecule has 5 nitrogen and oxygen atoms in total. The van der Waals surface area contributed by atoms with Gasteiger partial charge < -0.3 is 10.5 Å². The van der Waals surface area contributed by atoms with Crippen molar-refractivity contribution >= 4 is 15.7 Å². The highest BCUT2D eigenvalue weighted by Crippen LogP contribution is 2.15. The summed E-state index contributed by atoms with van der Waals surface area (Å²) in [6.07, 6.45) is 0.0337. The second kappa shape index (κ2) is 6.88. The van der Waals surface area contributed by atoms with Gasteiger partial charge in [0, 0.05) is 12.2 Å². The summed E-state index contributed by atoms with van der Waals surface area (Å²) in [5.41, 5.74) is 8.23. The maximum Gasteiger partial charge on any atom is 0.214 e. The van der Waals surface area contributed by atoms with Gasteiger partial charge in [-0.25, -0.2) is 13.1 Å². The van der Waals surface area contributed by atoms with Crippen LogP contribution >= 0.6 is 0 Å². The van der Waals surface area contributed by atoms with E-state index in [2.05, 4.69) is 4.72 Å². The number of sulfonamides is 1. The Bertz CT molecular complexity index is 513. The Morgan fingerprint density at radius 2 is 2.05 bits per heavy atom. The van der Waals surface area contributed by atoms with Crippen LogP contribution in [0.25, 0.3) is 0 Å². The molecule has 0 atom stereocenters. The summed E-state index contributed by atoms with van der Waals surface area (Å²) in [7, 11) is -3.32. The van der Waals surface area contributed by atoms with Gasteiger partial charge in [-0.1, -0.05) is 12.1 Å². The van der Waals surface area contributed by atoms with E-state index in [1.807, 2.05) is 32.9 Å². The highest BCUT2D eigenvalue weighted by molar-refractivity contribution is 7.89. The average molecular weight is 286 g/mol. The Morgan fingerprint density at radius 3 is 2.68 bits per heavy atom. The zero-order valence-corrected chi connectivity index (χ0v) is 12.5. The number of ether oxygens (including phenoxy) is 1. The van der Waals surface area contributed by atoms with Crippen LogP contribution in [0.2, 0.25) is 0 Å². The molecule has 0 saturated carbocycles. The molecular weight excluding hydrogens is 264 g/mol. The molecule has 0 spiro atoms. The first-order chi connectivity index (χ1) is 8.82. The van der Waals surface area contributed by atoms with Gasteiger partial charge in [0.05, 0.1) is 18.5 Å². The van der Waals surface area contributed by atoms with E-state index in [4.69, 9.17) is 10.5 Å². The van der Waals surface area contributed by atoms with E-state index >= 15 is 0 Å². The largest absolute Gasteiger partial charge is 0.399 e. The second-order valence-corrected chi connectivity index (χ2v) is 6.62. The average Bonchev–Trinajstić information content (AvgIpc) is 2.30. The van der Waals surface area contributed by atoms with Crippen molar-refractivity contribution < 1.29 is 13.2 Å². The lowest BCUT2D eigenvalue weighted by Gasteiger charge is -2.11. The number of anilines is 1. The number of benzene rings is 1. The third-order valence-electron chi connectivity index (χ3n) is 2.77. The summed E-state index contributed by atoms with van der Waals surface area (Å²) >= 11 is 0. The number of nitrogens with one attached hydrogen (secondary N) is 1. The fourth-order valence-corrected chi connectivity index (χ4v) is 2.38. The van der Waals surface area contributed by atoms with Crippen LogP contribution in [0.1, 0.15) is 25.0 Å². The summed E-state index contributed by atoms with van der Waals surface area (Å²) in [6.45, 7) is 6.07. The van der Waals surface area contributed by atoms with Crippen LogP contribution in [0.15, 0.2) is 18.2 Å². The van der Waals surface area contributed by atoms with E-state index in [0.717, 1.165) is 11.1 Å². The molecule has 108 valence electrons. The van der Waals surface area contributed by atoms with Gasteiger partial charge >= 0.3 is 0 Å². The zero-order chi connectivity index (χ0) is 14.5. The minimum Gasteiger partial charge on any atom is -0.399 e. The topological polar surface area (TPSA) is 81.4 Å². The molecule has 0 aliphatic heterocycles. The quantitative estimate of drug-likeness (QED) is 0.743. The van der Waals surface area contributed by atoms with Gasteiger partial charge in [0.2, 0.25) is 10.0 Å². The monoisotopic (exact) mass is 286 g/mol. The van der Waals surface area contributed by atoms with Crippen molar-refractivity contribution in [1.29, 1.82) is 0 Å². The second-order valence-electron chi connectivity index (χ2n) is 4.69. The van der Waals surface area contributed by atoms with Crippen LogP contribution in [0.5, 0.6) is 0 Å². The van der Waals surface area contributed by atoms with Gasteiger partial charge in [0.25, 0.3) is 0 Å². The van der Waals surface area contributed by atoms with Gasteiger partial charge in [-0.15, -0.1) is 0 Å². The third kappa shape index (κ3) is 5.59. The third-order valence-corrected chi connectivity index (χ3v) is 4.06. The predicted molar refractivity (Wildman–Crippen MR) is 77.3 cm³/mol. The Kier molecular flexibility index (Phi) is 5.78. The van der Waals surface area contributed by atoms with E-state index in [-0.39, 0.29) is 25.0 Å². The fraction of sp³-hybridized carbons (Fsp3) is 0.538. The van der Waals surface area contributed by atoms with Crippen molar-refractivity contribution in [3.63, 3.8) is 0 Å². The number of hydrogen-bond donors (Lipinski definition) is 2. The molecule has 6 heteroatoms. The lowest BCUT2D eigenvalue weighted by atomic mass is 10.1. The molecule has 3 N–H and O–H groups in total. The molecular formula is C13H22N2O3S. The Labute approximate surface area is 115 Å². The molecule has 0 radical (unpaired) electrons. The Hall–Kier alpha value is -1.11. The summed E-state index contributed by atoms with van der Waals surface area (Å²) in [4.78, 5) is 0. The van der Waals surface area contributed by atoms with E-state index in [1.54, 1.807) is 6.07 Å². The number of rotatable bonds is 7. The standard InChI is InChI=1S/C13H22N2O3S/c1-10(2)18-7-8-19(16,17)15-9-12-5-4-6-13(14)11(12)3/h4-6,10,15H,7-9,14H2,1-3H3. The minimum absolute atomic E-state index is 0.0337. The fourth-order valence-electron chi connectivity index (χ4n) is 1.55. The molecule has 1 rings (SSSR count). The molecule has 0 saturated heterocycles. The molecule has 1 aromatic carbocycles. The molecule has 0 bridgehead atoms. The van der Waals surface area contributed by atoms with Gasteiger partial charge in [-0.2, -0.15) is 0 Å². The van der Waals surface area contributed by atoms with Crippen LogP contribution in [-0.4, -0.2) is 26.9 Å². The molecule has 1 aromatic rings. The molecule has 0 unspecified atom stereocenters. The molecule has 19 heavy (non-hydrogen) atoms. The molecule has 0 fully saturated rings. The first kappa shape index (κ1) is 15.9. The van der Waals surface area contributed by atoms with E-state index in [0.29, 0.717) is 5.69 Å². The molecule has 0 aromatic heterocycles. The highest BCUT2D eigenvalue weighted by atomic mass is 32.2. The van der Waals surface area contributed by atoms with Crippen molar-refractivity contribution in [2.45, 2.75) is 33.4 Å². The smallest absolute Gasteiger partial charge is 0.214 e. The first-order valence-electron chi connectivity index (χ1n) is 6.25. The van der Waals surface area contributed by atoms with E-state index in [1.165, 1.54) is 0 Å². The number of nitrogen functional groups attached to an aromatic ring is 1. The maximum absolute atomic E-state index is 11.8. The molecule has 0 amide bonds. The van der Waals surface area contributed by atoms with Crippen molar-refractivity contribution in [2.75, 3.05) is 18.1 Å². The normalized spacial score (nSPS) is 12.0. The molecule has 0 aliphatic carbocycles. The summed E-state index contributed by atoms with van der Waals surface area (Å²) in [5, 5.41) is 0. The summed E-state index contributed by atoms with van der Waals surface area (Å²) < 4.78 is 31.3. The minimum atomic E-state index is -3.32. The maximum atomic E-state index is 11.8. The lowest BCUT2D eigenvalue weighted by Crippen LogP contribution is -2.29. The van der Waals surface area contributed by atoms with Crippen LogP contribution in [0, 0.1) is 6.92 Å². The number of hydrogen-bond acceptors (Lipinski definition) is 4. The Balaban J connectivity index is 2.53. The molecule has 0 heterocycles. The van der Waals surface area contributed by atoms with Crippen molar-refractivity contribution in [3.8, 4) is 0 Å². The summed E-state index contributed by atoms with van der Waals surface area (Å²) in [6, 6.07) is 5.47. The first-order valence-corrected chi connectivity index (χ1v) is 7.90. The van der Waals surface area contributed by atoms with E-state index < -0.39 is 10.0 Å². The van der Waals surface area contributed by atoms with Crippen LogP contribution < -0.4 is 10.5 Å². The highest BCUT2D eigenvalue weighted by Gasteiger charge is 2.11. The van der Waals surface area contributed by atoms with Gasteiger partial charge in [0.15, 0.2) is 0 Å².